The van der Waals surface area contributed by atoms with Crippen molar-refractivity contribution < 1.29 is 4.74 Å². The molecule has 1 aromatic heterocycles. The van der Waals surface area contributed by atoms with Crippen LogP contribution < -0.4 is 10.5 Å². The summed E-state index contributed by atoms with van der Waals surface area (Å²) in [5, 5.41) is 8.87. The van der Waals surface area contributed by atoms with Gasteiger partial charge in [0.05, 0.1) is 18.4 Å². The molecule has 0 aliphatic heterocycles. The number of ether oxygens (including phenoxy) is 1. The van der Waals surface area contributed by atoms with Crippen molar-refractivity contribution in [3.63, 3.8) is 0 Å². The molecule has 0 saturated carbocycles. The van der Waals surface area contributed by atoms with Crippen LogP contribution in [0.1, 0.15) is 5.56 Å². The number of nitrogen functional groups attached to an aromatic ring is 1. The van der Waals surface area contributed by atoms with E-state index in [0.717, 1.165) is 21.5 Å². The lowest BCUT2D eigenvalue weighted by Crippen LogP contribution is -1.89. The number of benzene rings is 1. The predicted molar refractivity (Wildman–Crippen MR) is 69.6 cm³/mol. The minimum Gasteiger partial charge on any atom is -0.496 e. The fraction of sp³-hybridized carbons (Fsp3) is 0.0833. The summed E-state index contributed by atoms with van der Waals surface area (Å²) in [6.45, 7) is 0. The first kappa shape index (κ1) is 11.6. The van der Waals surface area contributed by atoms with E-state index in [0.29, 0.717) is 11.4 Å². The van der Waals surface area contributed by atoms with Gasteiger partial charge in [-0.05, 0) is 24.3 Å². The molecule has 0 bridgehead atoms. The van der Waals surface area contributed by atoms with Crippen molar-refractivity contribution >= 4 is 21.7 Å². The second kappa shape index (κ2) is 4.52. The number of halogens is 1. The van der Waals surface area contributed by atoms with E-state index in [4.69, 9.17) is 15.7 Å². The maximum Gasteiger partial charge on any atom is 0.128 e. The Morgan fingerprint density at radius 2 is 2.18 bits per heavy atom. The van der Waals surface area contributed by atoms with Crippen LogP contribution in [0, 0.1) is 11.3 Å². The van der Waals surface area contributed by atoms with E-state index in [-0.39, 0.29) is 0 Å². The smallest absolute Gasteiger partial charge is 0.128 e. The number of hydrogen-bond donors (Lipinski definition) is 2. The van der Waals surface area contributed by atoms with E-state index >= 15 is 0 Å². The Labute approximate surface area is 107 Å². The number of nitrogens with one attached hydrogen (secondary N) is 1. The molecule has 0 fully saturated rings. The summed E-state index contributed by atoms with van der Waals surface area (Å²) in [7, 11) is 1.60. The quantitative estimate of drug-likeness (QED) is 0.893. The Morgan fingerprint density at radius 3 is 2.76 bits per heavy atom. The Kier molecular flexibility index (Phi) is 3.07. The van der Waals surface area contributed by atoms with Crippen molar-refractivity contribution in [1.29, 1.82) is 5.26 Å². The zero-order valence-electron chi connectivity index (χ0n) is 9.12. The van der Waals surface area contributed by atoms with Crippen LogP contribution in [0.25, 0.3) is 11.3 Å². The van der Waals surface area contributed by atoms with Gasteiger partial charge in [0.25, 0.3) is 0 Å². The summed E-state index contributed by atoms with van der Waals surface area (Å²) in [4.78, 5) is 2.97. The second-order valence-electron chi connectivity index (χ2n) is 3.47. The molecular weight excluding hydrogens is 282 g/mol. The van der Waals surface area contributed by atoms with Gasteiger partial charge in [0.1, 0.15) is 17.6 Å². The summed E-state index contributed by atoms with van der Waals surface area (Å²) < 4.78 is 6.20. The van der Waals surface area contributed by atoms with Gasteiger partial charge in [0.15, 0.2) is 0 Å². The summed E-state index contributed by atoms with van der Waals surface area (Å²) in [6.07, 6.45) is 0. The minimum absolute atomic E-state index is 0.365. The monoisotopic (exact) mass is 291 g/mol. The average molecular weight is 292 g/mol. The van der Waals surface area contributed by atoms with Crippen molar-refractivity contribution in [2.45, 2.75) is 0 Å². The van der Waals surface area contributed by atoms with Gasteiger partial charge < -0.3 is 15.5 Å². The summed E-state index contributed by atoms with van der Waals surface area (Å²) in [5.41, 5.74) is 7.74. The lowest BCUT2D eigenvalue weighted by atomic mass is 10.1. The molecule has 2 aromatic rings. The topological polar surface area (TPSA) is 74.8 Å². The van der Waals surface area contributed by atoms with E-state index in [1.165, 1.54) is 0 Å². The Hall–Kier alpha value is -1.93. The van der Waals surface area contributed by atoms with Gasteiger partial charge in [-0.3, -0.25) is 0 Å². The standard InChI is InChI=1S/C12H10BrN3O/c1-17-11-3-2-8(13)5-9(11)10-4-7(6-14)12(15)16-10/h2-5,16H,15H2,1H3. The highest BCUT2D eigenvalue weighted by Gasteiger charge is 2.11. The van der Waals surface area contributed by atoms with E-state index in [2.05, 4.69) is 20.9 Å². The van der Waals surface area contributed by atoms with Crippen LogP contribution in [0.2, 0.25) is 0 Å². The predicted octanol–water partition coefficient (Wildman–Crippen LogP) is 2.91. The zero-order chi connectivity index (χ0) is 12.4. The number of hydrogen-bond acceptors (Lipinski definition) is 3. The first-order valence-electron chi connectivity index (χ1n) is 4.88. The third kappa shape index (κ3) is 2.12. The molecule has 0 aliphatic carbocycles. The molecule has 0 atom stereocenters. The van der Waals surface area contributed by atoms with Crippen molar-refractivity contribution in [2.75, 3.05) is 12.8 Å². The van der Waals surface area contributed by atoms with Crippen molar-refractivity contribution in [2.24, 2.45) is 0 Å². The normalized spacial score (nSPS) is 9.94. The number of H-pyrrole nitrogens is 1. The number of aromatic nitrogens is 1. The molecule has 2 rings (SSSR count). The molecule has 1 aromatic carbocycles. The second-order valence-corrected chi connectivity index (χ2v) is 4.38. The highest BCUT2D eigenvalue weighted by molar-refractivity contribution is 9.10. The number of nitriles is 1. The van der Waals surface area contributed by atoms with Crippen molar-refractivity contribution in [1.82, 2.24) is 4.98 Å². The van der Waals surface area contributed by atoms with Crippen LogP contribution in [0.15, 0.2) is 28.7 Å². The van der Waals surface area contributed by atoms with Gasteiger partial charge >= 0.3 is 0 Å². The fourth-order valence-electron chi connectivity index (χ4n) is 1.60. The molecule has 17 heavy (non-hydrogen) atoms. The highest BCUT2D eigenvalue weighted by atomic mass is 79.9. The maximum atomic E-state index is 8.87. The largest absolute Gasteiger partial charge is 0.496 e. The molecule has 0 radical (unpaired) electrons. The number of rotatable bonds is 2. The lowest BCUT2D eigenvalue weighted by molar-refractivity contribution is 0.416. The van der Waals surface area contributed by atoms with Crippen molar-refractivity contribution in [3.05, 3.63) is 34.3 Å². The fourth-order valence-corrected chi connectivity index (χ4v) is 1.96. The number of methoxy groups -OCH3 is 1. The van der Waals surface area contributed by atoms with Crippen LogP contribution in [-0.4, -0.2) is 12.1 Å². The minimum atomic E-state index is 0.365. The molecular formula is C12H10BrN3O. The SMILES string of the molecule is COc1ccc(Br)cc1-c1cc(C#N)c(N)[nH]1. The molecule has 1 heterocycles. The molecule has 4 nitrogen and oxygen atoms in total. The average Bonchev–Trinajstić information content (AvgIpc) is 2.70. The van der Waals surface area contributed by atoms with Gasteiger partial charge in [-0.15, -0.1) is 0 Å². The van der Waals surface area contributed by atoms with Crippen LogP contribution in [-0.2, 0) is 0 Å². The molecule has 0 unspecified atom stereocenters. The summed E-state index contributed by atoms with van der Waals surface area (Å²) >= 11 is 3.40. The Bertz CT molecular complexity index is 598. The number of anilines is 1. The molecule has 5 heteroatoms. The first-order chi connectivity index (χ1) is 8.15. The van der Waals surface area contributed by atoms with E-state index < -0.39 is 0 Å². The van der Waals surface area contributed by atoms with Crippen LogP contribution in [0.5, 0.6) is 5.75 Å². The van der Waals surface area contributed by atoms with Gasteiger partial charge in [-0.25, -0.2) is 0 Å². The van der Waals surface area contributed by atoms with Gasteiger partial charge in [-0.1, -0.05) is 15.9 Å². The third-order valence-electron chi connectivity index (χ3n) is 2.42. The Balaban J connectivity index is 2.59. The lowest BCUT2D eigenvalue weighted by Gasteiger charge is -2.07. The number of nitrogens with zero attached hydrogens (tertiary/aromatic N) is 1. The van der Waals surface area contributed by atoms with Gasteiger partial charge in [-0.2, -0.15) is 5.26 Å². The van der Waals surface area contributed by atoms with Gasteiger partial charge in [0, 0.05) is 10.0 Å². The summed E-state index contributed by atoms with van der Waals surface area (Å²) in [5.74, 6) is 1.09. The van der Waals surface area contributed by atoms with E-state index in [1.54, 1.807) is 13.2 Å². The molecule has 0 aliphatic rings. The number of nitrogens with two attached hydrogens (primary N) is 1. The van der Waals surface area contributed by atoms with Crippen LogP contribution >= 0.6 is 15.9 Å². The third-order valence-corrected chi connectivity index (χ3v) is 2.91. The number of aromatic amines is 1. The molecule has 86 valence electrons. The first-order valence-corrected chi connectivity index (χ1v) is 5.67. The van der Waals surface area contributed by atoms with Gasteiger partial charge in [0.2, 0.25) is 0 Å². The molecule has 0 spiro atoms. The van der Waals surface area contributed by atoms with E-state index in [1.807, 2.05) is 24.3 Å². The maximum absolute atomic E-state index is 8.87. The molecule has 3 N–H and O–H groups in total. The highest BCUT2D eigenvalue weighted by Crippen LogP contribution is 2.33. The molecule has 0 amide bonds. The Morgan fingerprint density at radius 1 is 1.41 bits per heavy atom. The zero-order valence-corrected chi connectivity index (χ0v) is 10.7. The molecule has 0 saturated heterocycles. The summed E-state index contributed by atoms with van der Waals surface area (Å²) in [6, 6.07) is 9.38. The van der Waals surface area contributed by atoms with Crippen molar-refractivity contribution in [3.8, 4) is 23.1 Å². The van der Waals surface area contributed by atoms with Crippen LogP contribution in [0.4, 0.5) is 5.82 Å². The van der Waals surface area contributed by atoms with Crippen LogP contribution in [0.3, 0.4) is 0 Å². The van der Waals surface area contributed by atoms with E-state index in [9.17, 15) is 0 Å².